The van der Waals surface area contributed by atoms with Gasteiger partial charge in [0.25, 0.3) is 5.91 Å². The van der Waals surface area contributed by atoms with Crippen LogP contribution in [0.5, 0.6) is 0 Å². The molecule has 1 amide bonds. The number of nitrogens with one attached hydrogen (secondary N) is 1. The lowest BCUT2D eigenvalue weighted by atomic mass is 10.1. The monoisotopic (exact) mass is 316 g/mol. The number of rotatable bonds is 3. The molecule has 1 N–H and O–H groups in total. The topological polar surface area (TPSA) is 42.0 Å². The molecule has 0 saturated carbocycles. The van der Waals surface area contributed by atoms with Crippen molar-refractivity contribution in [3.05, 3.63) is 71.8 Å². The van der Waals surface area contributed by atoms with Gasteiger partial charge in [-0.2, -0.15) is 4.37 Å². The Morgan fingerprint density at radius 1 is 1.05 bits per heavy atom. The molecule has 2 aromatic carbocycles. The molecule has 22 heavy (non-hydrogen) atoms. The normalized spacial score (nSPS) is 10.5. The molecule has 3 rings (SSSR count). The highest BCUT2D eigenvalue weighted by Crippen LogP contribution is 2.25. The molecule has 0 aliphatic rings. The summed E-state index contributed by atoms with van der Waals surface area (Å²) >= 11 is 1.08. The summed E-state index contributed by atoms with van der Waals surface area (Å²) in [7, 11) is 0. The SMILES string of the molecule is O=C(Nc1cc(-c2ccccc2)ns1)c1cc(F)ccc1F. The van der Waals surface area contributed by atoms with Crippen molar-refractivity contribution >= 4 is 22.4 Å². The zero-order chi connectivity index (χ0) is 15.5. The molecule has 6 heteroatoms. The van der Waals surface area contributed by atoms with Crippen LogP contribution in [0.1, 0.15) is 10.4 Å². The van der Waals surface area contributed by atoms with Gasteiger partial charge in [0, 0.05) is 11.6 Å². The Balaban J connectivity index is 1.81. The van der Waals surface area contributed by atoms with Crippen LogP contribution >= 0.6 is 11.5 Å². The summed E-state index contributed by atoms with van der Waals surface area (Å²) in [5.74, 6) is -2.15. The van der Waals surface area contributed by atoms with Crippen LogP contribution in [0.15, 0.2) is 54.6 Å². The van der Waals surface area contributed by atoms with Crippen LogP contribution in [0.3, 0.4) is 0 Å². The van der Waals surface area contributed by atoms with Crippen molar-refractivity contribution < 1.29 is 13.6 Å². The van der Waals surface area contributed by atoms with E-state index in [4.69, 9.17) is 0 Å². The van der Waals surface area contributed by atoms with Gasteiger partial charge >= 0.3 is 0 Å². The Bertz CT molecular complexity index is 818. The Morgan fingerprint density at radius 3 is 2.59 bits per heavy atom. The van der Waals surface area contributed by atoms with Crippen LogP contribution in [0, 0.1) is 11.6 Å². The summed E-state index contributed by atoms with van der Waals surface area (Å²) < 4.78 is 30.9. The Morgan fingerprint density at radius 2 is 1.82 bits per heavy atom. The number of aromatic nitrogens is 1. The Kier molecular flexibility index (Phi) is 3.93. The second-order valence-electron chi connectivity index (χ2n) is 4.52. The molecule has 110 valence electrons. The molecule has 0 aliphatic heterocycles. The van der Waals surface area contributed by atoms with E-state index >= 15 is 0 Å². The summed E-state index contributed by atoms with van der Waals surface area (Å²) in [6.07, 6.45) is 0. The summed E-state index contributed by atoms with van der Waals surface area (Å²) in [5.41, 5.74) is 1.28. The van der Waals surface area contributed by atoms with Crippen LogP contribution in [0.25, 0.3) is 11.3 Å². The first kappa shape index (κ1) is 14.3. The lowest BCUT2D eigenvalue weighted by Gasteiger charge is -2.03. The average Bonchev–Trinajstić information content (AvgIpc) is 2.99. The maximum Gasteiger partial charge on any atom is 0.259 e. The van der Waals surface area contributed by atoms with Crippen LogP contribution in [0.2, 0.25) is 0 Å². The highest BCUT2D eigenvalue weighted by molar-refractivity contribution is 7.10. The zero-order valence-corrected chi connectivity index (χ0v) is 12.0. The quantitative estimate of drug-likeness (QED) is 0.781. The Labute approximate surface area is 129 Å². The lowest BCUT2D eigenvalue weighted by molar-refractivity contribution is 0.102. The molecular formula is C16H10F2N2OS. The number of carbonyl (C=O) groups excluding carboxylic acids is 1. The van der Waals surface area contributed by atoms with E-state index in [1.54, 1.807) is 6.07 Å². The third kappa shape index (κ3) is 3.01. The maximum atomic E-state index is 13.6. The van der Waals surface area contributed by atoms with Gasteiger partial charge in [0.15, 0.2) is 0 Å². The molecule has 1 aromatic heterocycles. The van der Waals surface area contributed by atoms with Crippen molar-refractivity contribution in [3.63, 3.8) is 0 Å². The second-order valence-corrected chi connectivity index (χ2v) is 5.33. The number of anilines is 1. The fourth-order valence-corrected chi connectivity index (χ4v) is 2.59. The van der Waals surface area contributed by atoms with E-state index < -0.39 is 17.5 Å². The van der Waals surface area contributed by atoms with Gasteiger partial charge in [-0.1, -0.05) is 30.3 Å². The van der Waals surface area contributed by atoms with Crippen molar-refractivity contribution in [3.8, 4) is 11.3 Å². The molecule has 1 heterocycles. The van der Waals surface area contributed by atoms with E-state index in [9.17, 15) is 13.6 Å². The predicted molar refractivity (Wildman–Crippen MR) is 81.9 cm³/mol. The minimum Gasteiger partial charge on any atom is -0.312 e. The molecule has 0 atom stereocenters. The summed E-state index contributed by atoms with van der Waals surface area (Å²) in [4.78, 5) is 12.0. The van der Waals surface area contributed by atoms with Crippen LogP contribution in [-0.4, -0.2) is 10.3 Å². The average molecular weight is 316 g/mol. The second kappa shape index (κ2) is 6.03. The fraction of sp³-hybridized carbons (Fsp3) is 0. The van der Waals surface area contributed by atoms with Gasteiger partial charge in [0.05, 0.1) is 11.3 Å². The van der Waals surface area contributed by atoms with E-state index in [-0.39, 0.29) is 5.56 Å². The van der Waals surface area contributed by atoms with Crippen molar-refractivity contribution in [1.29, 1.82) is 0 Å². The fourth-order valence-electron chi connectivity index (χ4n) is 1.93. The predicted octanol–water partition coefficient (Wildman–Crippen LogP) is 4.34. The number of hydrogen-bond acceptors (Lipinski definition) is 3. The van der Waals surface area contributed by atoms with Crippen molar-refractivity contribution in [2.24, 2.45) is 0 Å². The molecule has 3 aromatic rings. The molecular weight excluding hydrogens is 306 g/mol. The van der Waals surface area contributed by atoms with Gasteiger partial charge in [-0.3, -0.25) is 4.79 Å². The molecule has 0 fully saturated rings. The number of halogens is 2. The first-order chi connectivity index (χ1) is 10.6. The van der Waals surface area contributed by atoms with E-state index in [0.29, 0.717) is 10.7 Å². The number of benzene rings is 2. The number of nitrogens with zero attached hydrogens (tertiary/aromatic N) is 1. The molecule has 0 spiro atoms. The summed E-state index contributed by atoms with van der Waals surface area (Å²) in [5, 5.41) is 2.99. The lowest BCUT2D eigenvalue weighted by Crippen LogP contribution is -2.13. The smallest absolute Gasteiger partial charge is 0.259 e. The number of carbonyl (C=O) groups is 1. The Hall–Kier alpha value is -2.60. The molecule has 0 bridgehead atoms. The summed E-state index contributed by atoms with van der Waals surface area (Å²) in [6.45, 7) is 0. The first-order valence-electron chi connectivity index (χ1n) is 6.42. The van der Waals surface area contributed by atoms with Gasteiger partial charge in [0.1, 0.15) is 16.6 Å². The maximum absolute atomic E-state index is 13.6. The third-order valence-corrected chi connectivity index (χ3v) is 3.69. The molecule has 3 nitrogen and oxygen atoms in total. The largest absolute Gasteiger partial charge is 0.312 e. The highest BCUT2D eigenvalue weighted by atomic mass is 32.1. The van der Waals surface area contributed by atoms with Crippen LogP contribution < -0.4 is 5.32 Å². The zero-order valence-electron chi connectivity index (χ0n) is 11.2. The van der Waals surface area contributed by atoms with Crippen LogP contribution in [-0.2, 0) is 0 Å². The van der Waals surface area contributed by atoms with Gasteiger partial charge in [-0.05, 0) is 29.7 Å². The van der Waals surface area contributed by atoms with Crippen LogP contribution in [0.4, 0.5) is 13.8 Å². The number of amides is 1. The highest BCUT2D eigenvalue weighted by Gasteiger charge is 2.14. The van der Waals surface area contributed by atoms with E-state index in [2.05, 4.69) is 9.69 Å². The first-order valence-corrected chi connectivity index (χ1v) is 7.19. The third-order valence-electron chi connectivity index (χ3n) is 2.99. The van der Waals surface area contributed by atoms with Gasteiger partial charge < -0.3 is 5.32 Å². The minimum atomic E-state index is -0.772. The van der Waals surface area contributed by atoms with Gasteiger partial charge in [-0.25, -0.2) is 8.78 Å². The van der Waals surface area contributed by atoms with Gasteiger partial charge in [-0.15, -0.1) is 0 Å². The van der Waals surface area contributed by atoms with Gasteiger partial charge in [0.2, 0.25) is 0 Å². The summed E-state index contributed by atoms with van der Waals surface area (Å²) in [6, 6.07) is 13.9. The molecule has 0 unspecified atom stereocenters. The van der Waals surface area contributed by atoms with E-state index in [1.807, 2.05) is 30.3 Å². The molecule has 0 saturated heterocycles. The van der Waals surface area contributed by atoms with Crippen molar-refractivity contribution in [2.75, 3.05) is 5.32 Å². The van der Waals surface area contributed by atoms with Crippen molar-refractivity contribution in [2.45, 2.75) is 0 Å². The molecule has 0 radical (unpaired) electrons. The van der Waals surface area contributed by atoms with E-state index in [0.717, 1.165) is 35.3 Å². The molecule has 0 aliphatic carbocycles. The van der Waals surface area contributed by atoms with E-state index in [1.165, 1.54) is 0 Å². The minimum absolute atomic E-state index is 0.338. The van der Waals surface area contributed by atoms with Crippen molar-refractivity contribution in [1.82, 2.24) is 4.37 Å². The standard InChI is InChI=1S/C16H10F2N2OS/c17-11-6-7-13(18)12(8-11)16(21)19-15-9-14(20-22-15)10-4-2-1-3-5-10/h1-9H,(H,19,21). The number of hydrogen-bond donors (Lipinski definition) is 1.